The summed E-state index contributed by atoms with van der Waals surface area (Å²) in [6.45, 7) is 3.85. The van der Waals surface area contributed by atoms with Crippen LogP contribution in [0.15, 0.2) is 72.8 Å². The first-order valence-electron chi connectivity index (χ1n) is 11.3. The number of piperazine rings is 1. The number of halogens is 1. The van der Waals surface area contributed by atoms with Crippen molar-refractivity contribution in [2.24, 2.45) is 0 Å². The predicted octanol–water partition coefficient (Wildman–Crippen LogP) is 4.09. The number of rotatable bonds is 5. The first-order valence-corrected chi connectivity index (χ1v) is 11.7. The molecule has 6 nitrogen and oxygen atoms in total. The lowest BCUT2D eigenvalue weighted by molar-refractivity contribution is 0.0626. The number of amides is 3. The Balaban J connectivity index is 1.21. The summed E-state index contributed by atoms with van der Waals surface area (Å²) in [5.41, 5.74) is 3.37. The van der Waals surface area contributed by atoms with Crippen molar-refractivity contribution in [1.82, 2.24) is 14.7 Å². The molecule has 0 saturated carbocycles. The zero-order valence-corrected chi connectivity index (χ0v) is 19.4. The Morgan fingerprint density at radius 2 is 1.38 bits per heavy atom. The van der Waals surface area contributed by atoms with E-state index in [-0.39, 0.29) is 24.3 Å². The molecule has 3 aromatic rings. The lowest BCUT2D eigenvalue weighted by atomic mass is 10.1. The number of fused-ring (bicyclic) bond motifs is 1. The lowest BCUT2D eigenvalue weighted by Crippen LogP contribution is -2.48. The van der Waals surface area contributed by atoms with E-state index in [0.29, 0.717) is 29.8 Å². The molecule has 172 valence electrons. The first kappa shape index (κ1) is 22.3. The molecule has 0 aliphatic carbocycles. The maximum atomic E-state index is 13.1. The van der Waals surface area contributed by atoms with E-state index in [2.05, 4.69) is 4.90 Å². The van der Waals surface area contributed by atoms with Crippen LogP contribution in [0.3, 0.4) is 0 Å². The van der Waals surface area contributed by atoms with Crippen LogP contribution in [0, 0.1) is 0 Å². The van der Waals surface area contributed by atoms with Crippen molar-refractivity contribution in [3.05, 3.63) is 106 Å². The highest BCUT2D eigenvalue weighted by atomic mass is 35.5. The standard InChI is InChI=1S/C27H24ClN3O3/c28-22-10-8-19(9-11-22)17-29-12-14-30(15-13-29)25(32)21-5-3-4-20(16-21)18-31-26(33)23-6-1-2-7-24(23)27(31)34/h1-11,16H,12-15,17-18H2. The number of carbonyl (C=O) groups is 3. The largest absolute Gasteiger partial charge is 0.336 e. The van der Waals surface area contributed by atoms with Crippen molar-refractivity contribution >= 4 is 29.3 Å². The average Bonchev–Trinajstić information content (AvgIpc) is 3.11. The smallest absolute Gasteiger partial charge is 0.261 e. The Kier molecular flexibility index (Phi) is 6.18. The summed E-state index contributed by atoms with van der Waals surface area (Å²) < 4.78 is 0. The Morgan fingerprint density at radius 3 is 2.03 bits per heavy atom. The number of hydrogen-bond acceptors (Lipinski definition) is 4. The van der Waals surface area contributed by atoms with E-state index < -0.39 is 0 Å². The minimum Gasteiger partial charge on any atom is -0.336 e. The fourth-order valence-electron chi connectivity index (χ4n) is 4.51. The van der Waals surface area contributed by atoms with Crippen molar-refractivity contribution in [2.45, 2.75) is 13.1 Å². The number of imide groups is 1. The van der Waals surface area contributed by atoms with Gasteiger partial charge in [0.1, 0.15) is 0 Å². The molecule has 1 saturated heterocycles. The zero-order chi connectivity index (χ0) is 23.7. The van der Waals surface area contributed by atoms with E-state index in [0.717, 1.165) is 30.2 Å². The normalized spacial score (nSPS) is 16.1. The molecular weight excluding hydrogens is 450 g/mol. The summed E-state index contributed by atoms with van der Waals surface area (Å²) in [6, 6.07) is 21.9. The number of benzene rings is 3. The molecule has 0 unspecified atom stereocenters. The van der Waals surface area contributed by atoms with Gasteiger partial charge in [0.25, 0.3) is 17.7 Å². The van der Waals surface area contributed by atoms with Crippen molar-refractivity contribution in [3.8, 4) is 0 Å². The molecule has 1 fully saturated rings. The third-order valence-corrected chi connectivity index (χ3v) is 6.62. The summed E-state index contributed by atoms with van der Waals surface area (Å²) in [6.07, 6.45) is 0. The third-order valence-electron chi connectivity index (χ3n) is 6.37. The summed E-state index contributed by atoms with van der Waals surface area (Å²) in [5.74, 6) is -0.626. The monoisotopic (exact) mass is 473 g/mol. The molecule has 0 N–H and O–H groups in total. The van der Waals surface area contributed by atoms with E-state index in [4.69, 9.17) is 11.6 Å². The third kappa shape index (κ3) is 4.47. The topological polar surface area (TPSA) is 60.9 Å². The van der Waals surface area contributed by atoms with Crippen molar-refractivity contribution in [2.75, 3.05) is 26.2 Å². The molecule has 2 aliphatic rings. The molecule has 2 aliphatic heterocycles. The molecule has 2 heterocycles. The van der Waals surface area contributed by atoms with Crippen LogP contribution in [0.1, 0.15) is 42.2 Å². The number of hydrogen-bond donors (Lipinski definition) is 0. The van der Waals surface area contributed by atoms with Gasteiger partial charge in [-0.05, 0) is 47.5 Å². The molecule has 0 atom stereocenters. The average molecular weight is 474 g/mol. The molecule has 3 aromatic carbocycles. The highest BCUT2D eigenvalue weighted by Crippen LogP contribution is 2.24. The maximum absolute atomic E-state index is 13.1. The second-order valence-electron chi connectivity index (χ2n) is 8.64. The molecule has 0 spiro atoms. The summed E-state index contributed by atoms with van der Waals surface area (Å²) in [7, 11) is 0. The lowest BCUT2D eigenvalue weighted by Gasteiger charge is -2.35. The van der Waals surface area contributed by atoms with Crippen LogP contribution in [0.25, 0.3) is 0 Å². The molecule has 5 rings (SSSR count). The molecular formula is C27H24ClN3O3. The zero-order valence-electron chi connectivity index (χ0n) is 18.6. The van der Waals surface area contributed by atoms with Gasteiger partial charge in [-0.1, -0.05) is 48.0 Å². The van der Waals surface area contributed by atoms with Gasteiger partial charge in [0, 0.05) is 43.3 Å². The van der Waals surface area contributed by atoms with Gasteiger partial charge in [0.15, 0.2) is 0 Å². The first-order chi connectivity index (χ1) is 16.5. The van der Waals surface area contributed by atoms with Crippen molar-refractivity contribution in [3.63, 3.8) is 0 Å². The minimum atomic E-state index is -0.297. The number of carbonyl (C=O) groups excluding carboxylic acids is 3. The molecule has 0 bridgehead atoms. The fourth-order valence-corrected chi connectivity index (χ4v) is 4.63. The van der Waals surface area contributed by atoms with Gasteiger partial charge in [0.2, 0.25) is 0 Å². The Hall–Kier alpha value is -3.48. The van der Waals surface area contributed by atoms with Gasteiger partial charge >= 0.3 is 0 Å². The highest BCUT2D eigenvalue weighted by molar-refractivity contribution is 6.30. The van der Waals surface area contributed by atoms with Gasteiger partial charge in [-0.15, -0.1) is 0 Å². The van der Waals surface area contributed by atoms with Crippen LogP contribution >= 0.6 is 11.6 Å². The van der Waals surface area contributed by atoms with Gasteiger partial charge in [-0.3, -0.25) is 24.2 Å². The fraction of sp³-hybridized carbons (Fsp3) is 0.222. The maximum Gasteiger partial charge on any atom is 0.261 e. The van der Waals surface area contributed by atoms with Gasteiger partial charge in [-0.25, -0.2) is 0 Å². The number of nitrogens with zero attached hydrogens (tertiary/aromatic N) is 3. The highest BCUT2D eigenvalue weighted by Gasteiger charge is 2.35. The van der Waals surface area contributed by atoms with E-state index in [1.54, 1.807) is 42.5 Å². The molecule has 3 amide bonds. The summed E-state index contributed by atoms with van der Waals surface area (Å²) in [5, 5.41) is 0.726. The van der Waals surface area contributed by atoms with E-state index in [1.165, 1.54) is 10.5 Å². The molecule has 7 heteroatoms. The predicted molar refractivity (Wildman–Crippen MR) is 130 cm³/mol. The Bertz CT molecular complexity index is 1210. The minimum absolute atomic E-state index is 0.0321. The summed E-state index contributed by atoms with van der Waals surface area (Å²) >= 11 is 5.97. The molecule has 34 heavy (non-hydrogen) atoms. The van der Waals surface area contributed by atoms with Crippen LogP contribution in [0.5, 0.6) is 0 Å². The van der Waals surface area contributed by atoms with E-state index in [9.17, 15) is 14.4 Å². The van der Waals surface area contributed by atoms with Gasteiger partial charge in [-0.2, -0.15) is 0 Å². The Morgan fingerprint density at radius 1 is 0.735 bits per heavy atom. The van der Waals surface area contributed by atoms with E-state index >= 15 is 0 Å². The van der Waals surface area contributed by atoms with Crippen LogP contribution in [0.2, 0.25) is 5.02 Å². The van der Waals surface area contributed by atoms with Crippen LogP contribution in [0.4, 0.5) is 0 Å². The Labute approximate surface area is 203 Å². The van der Waals surface area contributed by atoms with Crippen molar-refractivity contribution in [1.29, 1.82) is 0 Å². The molecule has 0 radical (unpaired) electrons. The van der Waals surface area contributed by atoms with Crippen LogP contribution < -0.4 is 0 Å². The quantitative estimate of drug-likeness (QED) is 0.523. The van der Waals surface area contributed by atoms with E-state index in [1.807, 2.05) is 35.2 Å². The van der Waals surface area contributed by atoms with Gasteiger partial charge < -0.3 is 4.90 Å². The van der Waals surface area contributed by atoms with Crippen LogP contribution in [-0.2, 0) is 13.1 Å². The second kappa shape index (κ2) is 9.41. The molecule has 0 aromatic heterocycles. The second-order valence-corrected chi connectivity index (χ2v) is 9.07. The summed E-state index contributed by atoms with van der Waals surface area (Å²) in [4.78, 5) is 43.9. The van der Waals surface area contributed by atoms with Gasteiger partial charge in [0.05, 0.1) is 17.7 Å². The van der Waals surface area contributed by atoms with Crippen molar-refractivity contribution < 1.29 is 14.4 Å². The van der Waals surface area contributed by atoms with Crippen LogP contribution in [-0.4, -0.2) is 58.6 Å². The SMILES string of the molecule is O=C(c1cccc(CN2C(=O)c3ccccc3C2=O)c1)N1CCN(Cc2ccc(Cl)cc2)CC1.